The second kappa shape index (κ2) is 7.80. The Balaban J connectivity index is 1.86. The number of hydrogen-bond donors (Lipinski definition) is 3. The average Bonchev–Trinajstić information content (AvgIpc) is 2.98. The van der Waals surface area contributed by atoms with Gasteiger partial charge in [-0.25, -0.2) is 0 Å². The van der Waals surface area contributed by atoms with Crippen molar-refractivity contribution in [2.24, 2.45) is 4.99 Å². The molecule has 1 unspecified atom stereocenters. The van der Waals surface area contributed by atoms with Gasteiger partial charge >= 0.3 is 0 Å². The van der Waals surface area contributed by atoms with Crippen molar-refractivity contribution < 1.29 is 14.7 Å². The van der Waals surface area contributed by atoms with Crippen molar-refractivity contribution in [3.8, 4) is 0 Å². The number of carbonyl (C=O) groups is 2. The van der Waals surface area contributed by atoms with Gasteiger partial charge in [-0.3, -0.25) is 14.6 Å². The number of aliphatic hydroxyl groups excluding tert-OH is 1. The van der Waals surface area contributed by atoms with Crippen LogP contribution in [-0.4, -0.2) is 47.0 Å². The van der Waals surface area contributed by atoms with Crippen LogP contribution in [0.4, 0.5) is 0 Å². The van der Waals surface area contributed by atoms with E-state index >= 15 is 0 Å². The summed E-state index contributed by atoms with van der Waals surface area (Å²) in [4.78, 5) is 27.9. The lowest BCUT2D eigenvalue weighted by Crippen LogP contribution is -2.50. The summed E-state index contributed by atoms with van der Waals surface area (Å²) in [6.07, 6.45) is 0.167. The molecule has 7 heteroatoms. The molecule has 0 bridgehead atoms. The van der Waals surface area contributed by atoms with E-state index in [9.17, 15) is 14.7 Å². The van der Waals surface area contributed by atoms with Gasteiger partial charge in [0.1, 0.15) is 6.04 Å². The lowest BCUT2D eigenvalue weighted by atomic mass is 10.1. The number of carbonyl (C=O) groups excluding carboxylic acids is 2. The standard InChI is InChI=1S/C14H17N3O3S/c18-9-11(13(20)17-14-15-6-7-21-14)16-12(19)8-10-4-2-1-3-5-10/h1-5,11,18H,6-9H2,(H,16,19)(H,15,17,20). The lowest BCUT2D eigenvalue weighted by Gasteiger charge is -2.16. The minimum atomic E-state index is -0.967. The van der Waals surface area contributed by atoms with E-state index in [1.54, 1.807) is 0 Å². The second-order valence-electron chi connectivity index (χ2n) is 4.49. The molecule has 0 aliphatic carbocycles. The fraction of sp³-hybridized carbons (Fsp3) is 0.357. The van der Waals surface area contributed by atoms with Crippen LogP contribution >= 0.6 is 11.8 Å². The highest BCUT2D eigenvalue weighted by atomic mass is 32.2. The fourth-order valence-corrected chi connectivity index (χ4v) is 2.56. The molecule has 0 fully saturated rings. The Morgan fingerprint density at radius 1 is 1.33 bits per heavy atom. The first-order valence-corrected chi connectivity index (χ1v) is 7.60. The van der Waals surface area contributed by atoms with E-state index in [0.29, 0.717) is 11.7 Å². The molecule has 1 aromatic carbocycles. The Labute approximate surface area is 127 Å². The van der Waals surface area contributed by atoms with Crippen LogP contribution in [0.1, 0.15) is 5.56 Å². The van der Waals surface area contributed by atoms with Crippen LogP contribution in [0.25, 0.3) is 0 Å². The summed E-state index contributed by atoms with van der Waals surface area (Å²) >= 11 is 1.44. The summed E-state index contributed by atoms with van der Waals surface area (Å²) in [6.45, 7) is 0.217. The molecule has 0 radical (unpaired) electrons. The zero-order chi connectivity index (χ0) is 15.1. The molecule has 21 heavy (non-hydrogen) atoms. The van der Waals surface area contributed by atoms with Crippen molar-refractivity contribution in [2.45, 2.75) is 12.5 Å². The normalized spacial score (nSPS) is 15.2. The largest absolute Gasteiger partial charge is 0.394 e. The number of nitrogens with one attached hydrogen (secondary N) is 2. The van der Waals surface area contributed by atoms with E-state index in [0.717, 1.165) is 11.3 Å². The molecule has 0 saturated heterocycles. The molecular formula is C14H17N3O3S. The van der Waals surface area contributed by atoms with E-state index in [-0.39, 0.29) is 12.3 Å². The summed E-state index contributed by atoms with van der Waals surface area (Å²) in [5.41, 5.74) is 0.850. The van der Waals surface area contributed by atoms with Crippen molar-refractivity contribution in [3.63, 3.8) is 0 Å². The molecule has 3 N–H and O–H groups in total. The van der Waals surface area contributed by atoms with Crippen LogP contribution in [0.5, 0.6) is 0 Å². The van der Waals surface area contributed by atoms with Gasteiger partial charge in [-0.05, 0) is 5.56 Å². The first-order chi connectivity index (χ1) is 10.2. The molecule has 1 aromatic rings. The maximum atomic E-state index is 11.9. The number of rotatable bonds is 5. The second-order valence-corrected chi connectivity index (χ2v) is 5.57. The Morgan fingerprint density at radius 3 is 2.71 bits per heavy atom. The quantitative estimate of drug-likeness (QED) is 0.710. The SMILES string of the molecule is O=C(Cc1ccccc1)NC(CO)C(=O)NC1=NCCS1. The molecular weight excluding hydrogens is 290 g/mol. The van der Waals surface area contributed by atoms with Crippen LogP contribution in [0.2, 0.25) is 0 Å². The highest BCUT2D eigenvalue weighted by molar-refractivity contribution is 8.14. The zero-order valence-electron chi connectivity index (χ0n) is 11.4. The maximum Gasteiger partial charge on any atom is 0.250 e. The van der Waals surface area contributed by atoms with Gasteiger partial charge in [0.25, 0.3) is 5.91 Å². The summed E-state index contributed by atoms with van der Waals surface area (Å²) in [7, 11) is 0. The number of amidine groups is 1. The highest BCUT2D eigenvalue weighted by Gasteiger charge is 2.22. The van der Waals surface area contributed by atoms with E-state index in [1.807, 2.05) is 30.3 Å². The van der Waals surface area contributed by atoms with Crippen LogP contribution in [0.3, 0.4) is 0 Å². The molecule has 1 aliphatic rings. The van der Waals surface area contributed by atoms with Gasteiger partial charge in [0, 0.05) is 5.75 Å². The van der Waals surface area contributed by atoms with Crippen molar-refractivity contribution >= 4 is 28.7 Å². The van der Waals surface area contributed by atoms with Gasteiger partial charge in [-0.15, -0.1) is 0 Å². The Kier molecular flexibility index (Phi) is 5.77. The minimum Gasteiger partial charge on any atom is -0.394 e. The highest BCUT2D eigenvalue weighted by Crippen LogP contribution is 2.09. The summed E-state index contributed by atoms with van der Waals surface area (Å²) in [5, 5.41) is 14.9. The molecule has 1 heterocycles. The van der Waals surface area contributed by atoms with Gasteiger partial charge in [-0.1, -0.05) is 42.1 Å². The Hall–Kier alpha value is -1.86. The molecule has 112 valence electrons. The minimum absolute atomic E-state index is 0.167. The van der Waals surface area contributed by atoms with Crippen molar-refractivity contribution in [1.82, 2.24) is 10.6 Å². The monoisotopic (exact) mass is 307 g/mol. The Bertz CT molecular complexity index is 534. The molecule has 6 nitrogen and oxygen atoms in total. The third kappa shape index (κ3) is 4.87. The fourth-order valence-electron chi connectivity index (χ4n) is 1.82. The molecule has 1 atom stereocenters. The molecule has 0 saturated carbocycles. The van der Waals surface area contributed by atoms with E-state index in [4.69, 9.17) is 0 Å². The van der Waals surface area contributed by atoms with Crippen molar-refractivity contribution in [2.75, 3.05) is 18.9 Å². The summed E-state index contributed by atoms with van der Waals surface area (Å²) < 4.78 is 0. The number of amides is 2. The van der Waals surface area contributed by atoms with E-state index in [1.165, 1.54) is 11.8 Å². The zero-order valence-corrected chi connectivity index (χ0v) is 12.2. The van der Waals surface area contributed by atoms with Gasteiger partial charge in [0.2, 0.25) is 5.91 Å². The number of hydrogen-bond acceptors (Lipinski definition) is 5. The van der Waals surface area contributed by atoms with Crippen molar-refractivity contribution in [1.29, 1.82) is 0 Å². The number of benzene rings is 1. The topological polar surface area (TPSA) is 90.8 Å². The number of aliphatic imine (C=N–C) groups is 1. The van der Waals surface area contributed by atoms with Gasteiger partial charge in [0.05, 0.1) is 19.6 Å². The Morgan fingerprint density at radius 2 is 2.10 bits per heavy atom. The van der Waals surface area contributed by atoms with Crippen LogP contribution < -0.4 is 10.6 Å². The third-order valence-corrected chi connectivity index (χ3v) is 3.75. The van der Waals surface area contributed by atoms with E-state index < -0.39 is 18.6 Å². The van der Waals surface area contributed by atoms with Crippen molar-refractivity contribution in [3.05, 3.63) is 35.9 Å². The maximum absolute atomic E-state index is 11.9. The summed E-state index contributed by atoms with van der Waals surface area (Å²) in [5.74, 6) is 0.0724. The average molecular weight is 307 g/mol. The van der Waals surface area contributed by atoms with E-state index in [2.05, 4.69) is 15.6 Å². The van der Waals surface area contributed by atoms with Gasteiger partial charge < -0.3 is 15.7 Å². The predicted octanol–water partition coefficient (Wildman–Crippen LogP) is -0.0748. The van der Waals surface area contributed by atoms with Crippen LogP contribution in [0, 0.1) is 0 Å². The summed E-state index contributed by atoms with van der Waals surface area (Å²) in [6, 6.07) is 8.24. The number of nitrogens with zero attached hydrogens (tertiary/aromatic N) is 1. The van der Waals surface area contributed by atoms with Crippen LogP contribution in [-0.2, 0) is 16.0 Å². The smallest absolute Gasteiger partial charge is 0.250 e. The van der Waals surface area contributed by atoms with Gasteiger partial charge in [0.15, 0.2) is 5.17 Å². The molecule has 2 rings (SSSR count). The number of aliphatic hydroxyl groups is 1. The number of thioether (sulfide) groups is 1. The first-order valence-electron chi connectivity index (χ1n) is 6.61. The van der Waals surface area contributed by atoms with Gasteiger partial charge in [-0.2, -0.15) is 0 Å². The van der Waals surface area contributed by atoms with Crippen LogP contribution in [0.15, 0.2) is 35.3 Å². The molecule has 0 aromatic heterocycles. The predicted molar refractivity (Wildman–Crippen MR) is 82.1 cm³/mol. The first kappa shape index (κ1) is 15.5. The molecule has 1 aliphatic heterocycles. The lowest BCUT2D eigenvalue weighted by molar-refractivity contribution is -0.128. The molecule has 0 spiro atoms. The molecule has 2 amide bonds. The third-order valence-electron chi connectivity index (χ3n) is 2.86.